The second kappa shape index (κ2) is 8.55. The van der Waals surface area contributed by atoms with Crippen LogP contribution in [0, 0.1) is 5.92 Å². The molecule has 7 heteroatoms. The molecule has 156 valence electrons. The van der Waals surface area contributed by atoms with Crippen LogP contribution in [0.4, 0.5) is 11.5 Å². The SMILES string of the molecule is O=C(C1CCN(c2ccc3nncn3n2)CC1)N(Cc1ccccc1)c1ccccc1. The van der Waals surface area contributed by atoms with Crippen LogP contribution in [0.5, 0.6) is 0 Å². The van der Waals surface area contributed by atoms with E-state index in [-0.39, 0.29) is 11.8 Å². The molecule has 1 aliphatic rings. The van der Waals surface area contributed by atoms with E-state index in [1.165, 1.54) is 0 Å². The molecule has 31 heavy (non-hydrogen) atoms. The van der Waals surface area contributed by atoms with E-state index < -0.39 is 0 Å². The molecule has 0 radical (unpaired) electrons. The van der Waals surface area contributed by atoms with Gasteiger partial charge in [0.05, 0.1) is 6.54 Å². The standard InChI is InChI=1S/C24H24N6O/c31-24(29(21-9-5-2-6-10-21)17-19-7-3-1-4-8-19)20-13-15-28(16-14-20)23-12-11-22-26-25-18-30(22)27-23/h1-12,18,20H,13-17H2. The third-order valence-corrected chi connectivity index (χ3v) is 5.83. The molecule has 3 heterocycles. The number of hydrogen-bond donors (Lipinski definition) is 0. The van der Waals surface area contributed by atoms with Crippen molar-refractivity contribution in [3.8, 4) is 0 Å². The van der Waals surface area contributed by atoms with Crippen molar-refractivity contribution >= 4 is 23.1 Å². The summed E-state index contributed by atoms with van der Waals surface area (Å²) in [6.07, 6.45) is 3.22. The van der Waals surface area contributed by atoms with Crippen LogP contribution in [-0.4, -0.2) is 38.8 Å². The van der Waals surface area contributed by atoms with Gasteiger partial charge >= 0.3 is 0 Å². The van der Waals surface area contributed by atoms with E-state index in [2.05, 4.69) is 32.3 Å². The number of benzene rings is 2. The molecule has 0 unspecified atom stereocenters. The Morgan fingerprint density at radius 1 is 0.935 bits per heavy atom. The molecule has 7 nitrogen and oxygen atoms in total. The van der Waals surface area contributed by atoms with Gasteiger partial charge in [-0.1, -0.05) is 48.5 Å². The minimum Gasteiger partial charge on any atom is -0.355 e. The fraction of sp³-hybridized carbons (Fsp3) is 0.250. The van der Waals surface area contributed by atoms with Crippen LogP contribution in [-0.2, 0) is 11.3 Å². The summed E-state index contributed by atoms with van der Waals surface area (Å²) in [5, 5.41) is 12.5. The van der Waals surface area contributed by atoms with Gasteiger partial charge in [-0.2, -0.15) is 4.52 Å². The van der Waals surface area contributed by atoms with E-state index in [4.69, 9.17) is 0 Å². The van der Waals surface area contributed by atoms with Crippen LogP contribution in [0.3, 0.4) is 0 Å². The molecule has 0 atom stereocenters. The van der Waals surface area contributed by atoms with Crippen molar-refractivity contribution < 1.29 is 4.79 Å². The van der Waals surface area contributed by atoms with Gasteiger partial charge in [0.25, 0.3) is 0 Å². The van der Waals surface area contributed by atoms with Gasteiger partial charge in [0, 0.05) is 24.7 Å². The molecule has 0 saturated carbocycles. The number of carbonyl (C=O) groups excluding carboxylic acids is 1. The number of carbonyl (C=O) groups is 1. The number of piperidine rings is 1. The monoisotopic (exact) mass is 412 g/mol. The maximum Gasteiger partial charge on any atom is 0.230 e. The molecule has 0 N–H and O–H groups in total. The lowest BCUT2D eigenvalue weighted by Crippen LogP contribution is -2.43. The lowest BCUT2D eigenvalue weighted by Gasteiger charge is -2.35. The molecule has 1 saturated heterocycles. The fourth-order valence-corrected chi connectivity index (χ4v) is 4.13. The predicted octanol–water partition coefficient (Wildman–Crippen LogP) is 3.57. The molecule has 1 aliphatic heterocycles. The Bertz CT molecular complexity index is 1150. The van der Waals surface area contributed by atoms with Gasteiger partial charge in [0.15, 0.2) is 5.65 Å². The van der Waals surface area contributed by atoms with Crippen LogP contribution >= 0.6 is 0 Å². The summed E-state index contributed by atoms with van der Waals surface area (Å²) >= 11 is 0. The third-order valence-electron chi connectivity index (χ3n) is 5.83. The molecule has 0 bridgehead atoms. The molecule has 0 spiro atoms. The normalized spacial score (nSPS) is 14.6. The maximum atomic E-state index is 13.6. The number of fused-ring (bicyclic) bond motifs is 1. The highest BCUT2D eigenvalue weighted by molar-refractivity contribution is 5.95. The number of anilines is 2. The molecular weight excluding hydrogens is 388 g/mol. The summed E-state index contributed by atoms with van der Waals surface area (Å²) in [6, 6.07) is 24.0. The number of hydrogen-bond acceptors (Lipinski definition) is 5. The van der Waals surface area contributed by atoms with E-state index in [1.54, 1.807) is 10.8 Å². The molecule has 5 rings (SSSR count). The number of aromatic nitrogens is 4. The highest BCUT2D eigenvalue weighted by Crippen LogP contribution is 2.27. The van der Waals surface area contributed by atoms with Crippen LogP contribution in [0.1, 0.15) is 18.4 Å². The van der Waals surface area contributed by atoms with E-state index in [1.807, 2.05) is 65.6 Å². The van der Waals surface area contributed by atoms with Crippen molar-refractivity contribution in [3.63, 3.8) is 0 Å². The first-order valence-electron chi connectivity index (χ1n) is 10.6. The van der Waals surface area contributed by atoms with Crippen LogP contribution in [0.15, 0.2) is 79.1 Å². The number of nitrogens with zero attached hydrogens (tertiary/aromatic N) is 6. The Morgan fingerprint density at radius 3 is 2.39 bits per heavy atom. The quantitative estimate of drug-likeness (QED) is 0.501. The zero-order valence-corrected chi connectivity index (χ0v) is 17.2. The summed E-state index contributed by atoms with van der Waals surface area (Å²) in [5.41, 5.74) is 2.80. The average molecular weight is 412 g/mol. The van der Waals surface area contributed by atoms with Gasteiger partial charge in [-0.3, -0.25) is 4.79 Å². The first-order valence-corrected chi connectivity index (χ1v) is 10.6. The Hall–Kier alpha value is -3.74. The third kappa shape index (κ3) is 4.12. The molecule has 1 fully saturated rings. The molecule has 0 aliphatic carbocycles. The van der Waals surface area contributed by atoms with Gasteiger partial charge in [-0.05, 0) is 42.7 Å². The van der Waals surface area contributed by atoms with Crippen molar-refractivity contribution in [3.05, 3.63) is 84.7 Å². The maximum absolute atomic E-state index is 13.6. The summed E-state index contributed by atoms with van der Waals surface area (Å²) in [7, 11) is 0. The van der Waals surface area contributed by atoms with Crippen molar-refractivity contribution in [2.75, 3.05) is 22.9 Å². The molecular formula is C24H24N6O. The van der Waals surface area contributed by atoms with Gasteiger partial charge in [0.2, 0.25) is 5.91 Å². The van der Waals surface area contributed by atoms with E-state index >= 15 is 0 Å². The highest BCUT2D eigenvalue weighted by Gasteiger charge is 2.30. The minimum atomic E-state index is -0.00110. The van der Waals surface area contributed by atoms with E-state index in [0.717, 1.165) is 48.6 Å². The van der Waals surface area contributed by atoms with Crippen LogP contribution in [0.2, 0.25) is 0 Å². The van der Waals surface area contributed by atoms with Crippen molar-refractivity contribution in [2.45, 2.75) is 19.4 Å². The summed E-state index contributed by atoms with van der Waals surface area (Å²) < 4.78 is 1.68. The van der Waals surface area contributed by atoms with Crippen LogP contribution < -0.4 is 9.80 Å². The first kappa shape index (κ1) is 19.2. The topological polar surface area (TPSA) is 66.6 Å². The Kier molecular flexibility index (Phi) is 5.31. The second-order valence-electron chi connectivity index (χ2n) is 7.83. The highest BCUT2D eigenvalue weighted by atomic mass is 16.2. The largest absolute Gasteiger partial charge is 0.355 e. The number of amides is 1. The van der Waals surface area contributed by atoms with Crippen LogP contribution in [0.25, 0.3) is 5.65 Å². The summed E-state index contributed by atoms with van der Waals surface area (Å²) in [6.45, 7) is 2.17. The minimum absolute atomic E-state index is 0.00110. The van der Waals surface area contributed by atoms with Gasteiger partial charge in [0.1, 0.15) is 12.1 Å². The lowest BCUT2D eigenvalue weighted by molar-refractivity contribution is -0.123. The summed E-state index contributed by atoms with van der Waals surface area (Å²) in [5.74, 6) is 1.08. The number of para-hydroxylation sites is 1. The molecule has 2 aromatic heterocycles. The Labute approximate surface area is 180 Å². The predicted molar refractivity (Wildman–Crippen MR) is 120 cm³/mol. The van der Waals surface area contributed by atoms with Crippen molar-refractivity contribution in [1.29, 1.82) is 0 Å². The van der Waals surface area contributed by atoms with Crippen molar-refractivity contribution in [1.82, 2.24) is 19.8 Å². The zero-order chi connectivity index (χ0) is 21.0. The molecule has 1 amide bonds. The lowest BCUT2D eigenvalue weighted by atomic mass is 9.94. The second-order valence-corrected chi connectivity index (χ2v) is 7.83. The van der Waals surface area contributed by atoms with E-state index in [0.29, 0.717) is 6.54 Å². The summed E-state index contributed by atoms with van der Waals surface area (Å²) in [4.78, 5) is 17.7. The molecule has 2 aromatic carbocycles. The van der Waals surface area contributed by atoms with Gasteiger partial charge < -0.3 is 9.80 Å². The zero-order valence-electron chi connectivity index (χ0n) is 17.2. The van der Waals surface area contributed by atoms with Gasteiger partial charge in [-0.15, -0.1) is 15.3 Å². The smallest absolute Gasteiger partial charge is 0.230 e. The van der Waals surface area contributed by atoms with E-state index in [9.17, 15) is 4.79 Å². The van der Waals surface area contributed by atoms with Gasteiger partial charge in [-0.25, -0.2) is 0 Å². The molecule has 4 aromatic rings. The Balaban J connectivity index is 1.31. The number of rotatable bonds is 5. The van der Waals surface area contributed by atoms with Crippen molar-refractivity contribution in [2.24, 2.45) is 5.92 Å². The average Bonchev–Trinajstić information content (AvgIpc) is 3.31. The first-order chi connectivity index (χ1) is 15.3. The fourth-order valence-electron chi connectivity index (χ4n) is 4.13. The Morgan fingerprint density at radius 2 is 1.65 bits per heavy atom.